The molecule has 0 spiro atoms. The van der Waals surface area contributed by atoms with Crippen molar-refractivity contribution in [1.82, 2.24) is 4.31 Å². The fraction of sp³-hybridized carbons (Fsp3) is 0.500. The van der Waals surface area contributed by atoms with Crippen molar-refractivity contribution in [3.63, 3.8) is 0 Å². The molecule has 0 atom stereocenters. The van der Waals surface area contributed by atoms with Crippen molar-refractivity contribution in [3.05, 3.63) is 26.4 Å². The van der Waals surface area contributed by atoms with E-state index in [1.807, 2.05) is 6.08 Å². The molecule has 8 heteroatoms. The minimum Gasteiger partial charge on any atom is -0.391 e. The van der Waals surface area contributed by atoms with Crippen molar-refractivity contribution < 1.29 is 18.3 Å². The number of halogens is 1. The fourth-order valence-electron chi connectivity index (χ4n) is 2.02. The minimum atomic E-state index is -3.52. The summed E-state index contributed by atoms with van der Waals surface area (Å²) in [5, 5.41) is 9.10. The molecule has 0 unspecified atom stereocenters. The molecule has 1 N–H and O–H groups in total. The van der Waals surface area contributed by atoms with Crippen molar-refractivity contribution >= 4 is 37.3 Å². The van der Waals surface area contributed by atoms with Crippen molar-refractivity contribution in [1.29, 1.82) is 0 Å². The third-order valence-corrected chi connectivity index (χ3v) is 7.18. The minimum absolute atomic E-state index is 0.156. The Morgan fingerprint density at radius 3 is 2.80 bits per heavy atom. The molecule has 2 rings (SSSR count). The van der Waals surface area contributed by atoms with Crippen LogP contribution in [0.2, 0.25) is 0 Å². The number of hydrogen-bond donors (Lipinski definition) is 1. The Labute approximate surface area is 131 Å². The Morgan fingerprint density at radius 1 is 1.55 bits per heavy atom. The molecular weight excluding hydrogens is 366 g/mol. The Morgan fingerprint density at radius 2 is 2.30 bits per heavy atom. The van der Waals surface area contributed by atoms with E-state index in [1.54, 1.807) is 7.11 Å². The molecule has 112 valence electrons. The van der Waals surface area contributed by atoms with Crippen molar-refractivity contribution in [2.75, 3.05) is 26.8 Å². The first kappa shape index (κ1) is 16.1. The predicted octanol–water partition coefficient (Wildman–Crippen LogP) is 1.97. The highest BCUT2D eigenvalue weighted by Gasteiger charge is 2.29. The highest BCUT2D eigenvalue weighted by atomic mass is 79.9. The summed E-state index contributed by atoms with van der Waals surface area (Å²) in [4.78, 5) is 0.859. The molecule has 0 saturated carbocycles. The highest BCUT2D eigenvalue weighted by molar-refractivity contribution is 9.11. The molecule has 0 saturated heterocycles. The van der Waals surface area contributed by atoms with Gasteiger partial charge in [0.15, 0.2) is 0 Å². The second-order valence-corrected chi connectivity index (χ2v) is 8.78. The van der Waals surface area contributed by atoms with Gasteiger partial charge in [0.1, 0.15) is 4.90 Å². The Kier molecular flexibility index (Phi) is 5.38. The van der Waals surface area contributed by atoms with Gasteiger partial charge in [-0.15, -0.1) is 11.3 Å². The lowest BCUT2D eigenvalue weighted by atomic mass is 10.1. The number of hydrogen-bond acceptors (Lipinski definition) is 5. The third-order valence-electron chi connectivity index (χ3n) is 3.08. The van der Waals surface area contributed by atoms with Crippen LogP contribution in [0.15, 0.2) is 26.4 Å². The van der Waals surface area contributed by atoms with Crippen LogP contribution in [-0.2, 0) is 21.4 Å². The summed E-state index contributed by atoms with van der Waals surface area (Å²) >= 11 is 4.50. The highest BCUT2D eigenvalue weighted by Crippen LogP contribution is 2.34. The van der Waals surface area contributed by atoms with Gasteiger partial charge in [-0.1, -0.05) is 6.08 Å². The average molecular weight is 382 g/mol. The van der Waals surface area contributed by atoms with Crippen LogP contribution < -0.4 is 0 Å². The maximum absolute atomic E-state index is 12.6. The Balaban J connectivity index is 2.21. The van der Waals surface area contributed by atoms with Gasteiger partial charge in [-0.3, -0.25) is 0 Å². The van der Waals surface area contributed by atoms with Gasteiger partial charge in [0.2, 0.25) is 10.0 Å². The van der Waals surface area contributed by atoms with Gasteiger partial charge in [-0.05, 0) is 34.0 Å². The van der Waals surface area contributed by atoms with Crippen LogP contribution in [0.4, 0.5) is 0 Å². The molecule has 1 aliphatic rings. The van der Waals surface area contributed by atoms with E-state index in [-0.39, 0.29) is 11.5 Å². The predicted molar refractivity (Wildman–Crippen MR) is 81.3 cm³/mol. The second-order valence-electron chi connectivity index (χ2n) is 4.42. The number of thiophene rings is 1. The first-order valence-corrected chi connectivity index (χ1v) is 9.10. The summed E-state index contributed by atoms with van der Waals surface area (Å²) in [6.45, 7) is 1.20. The number of nitrogens with zero attached hydrogens (tertiary/aromatic N) is 1. The standard InChI is InChI=1S/C12H16BrNO4S2/c1-18-8-9-2-4-14(5-3-9)20(16,17)11-6-10(7-15)19-12(11)13/h2,6,15H,3-5,7-8H2,1H3. The maximum atomic E-state index is 12.6. The molecule has 5 nitrogen and oxygen atoms in total. The topological polar surface area (TPSA) is 66.8 Å². The molecule has 1 aromatic rings. The molecule has 0 aliphatic carbocycles. The SMILES string of the molecule is COCC1=CCN(S(=O)(=O)c2cc(CO)sc2Br)CC1. The van der Waals surface area contributed by atoms with Gasteiger partial charge < -0.3 is 9.84 Å². The molecule has 1 aliphatic heterocycles. The van der Waals surface area contributed by atoms with E-state index >= 15 is 0 Å². The molecule has 20 heavy (non-hydrogen) atoms. The third kappa shape index (κ3) is 3.32. The summed E-state index contributed by atoms with van der Waals surface area (Å²) in [6.07, 6.45) is 2.58. The lowest BCUT2D eigenvalue weighted by Crippen LogP contribution is -2.35. The van der Waals surface area contributed by atoms with E-state index in [9.17, 15) is 8.42 Å². The number of ether oxygens (including phenoxy) is 1. The maximum Gasteiger partial charge on any atom is 0.245 e. The van der Waals surface area contributed by atoms with Crippen molar-refractivity contribution in [2.45, 2.75) is 17.9 Å². The lowest BCUT2D eigenvalue weighted by Gasteiger charge is -2.25. The summed E-state index contributed by atoms with van der Waals surface area (Å²) in [5.74, 6) is 0. The van der Waals surface area contributed by atoms with Crippen molar-refractivity contribution in [2.24, 2.45) is 0 Å². The van der Waals surface area contributed by atoms with Gasteiger partial charge in [-0.25, -0.2) is 8.42 Å². The summed E-state index contributed by atoms with van der Waals surface area (Å²) < 4.78 is 32.2. The zero-order valence-corrected chi connectivity index (χ0v) is 14.2. The van der Waals surface area contributed by atoms with Crippen LogP contribution in [0.3, 0.4) is 0 Å². The molecule has 0 fully saturated rings. The van der Waals surface area contributed by atoms with Crippen LogP contribution in [0.25, 0.3) is 0 Å². The zero-order valence-electron chi connectivity index (χ0n) is 11.0. The van der Waals surface area contributed by atoms with E-state index in [1.165, 1.54) is 21.7 Å². The zero-order chi connectivity index (χ0) is 14.8. The fourth-order valence-corrected chi connectivity index (χ4v) is 5.89. The first-order chi connectivity index (χ1) is 9.48. The largest absolute Gasteiger partial charge is 0.391 e. The van der Waals surface area contributed by atoms with E-state index in [0.717, 1.165) is 5.57 Å². The second kappa shape index (κ2) is 6.67. The summed E-state index contributed by atoms with van der Waals surface area (Å²) in [5.41, 5.74) is 1.12. The van der Waals surface area contributed by atoms with Gasteiger partial charge >= 0.3 is 0 Å². The van der Waals surface area contributed by atoms with Crippen LogP contribution >= 0.6 is 27.3 Å². The van der Waals surface area contributed by atoms with Crippen LogP contribution in [0, 0.1) is 0 Å². The van der Waals surface area contributed by atoms with Gasteiger partial charge in [0.05, 0.1) is 17.0 Å². The normalized spacial score (nSPS) is 17.2. The number of methoxy groups -OCH3 is 1. The van der Waals surface area contributed by atoms with E-state index in [0.29, 0.717) is 34.8 Å². The monoisotopic (exact) mass is 381 g/mol. The number of aliphatic hydroxyl groups excluding tert-OH is 1. The van der Waals surface area contributed by atoms with Gasteiger partial charge in [0, 0.05) is 25.1 Å². The average Bonchev–Trinajstić information content (AvgIpc) is 2.82. The number of rotatable bonds is 5. The molecule has 1 aromatic heterocycles. The van der Waals surface area contributed by atoms with Crippen LogP contribution in [0.1, 0.15) is 11.3 Å². The van der Waals surface area contributed by atoms with Crippen molar-refractivity contribution in [3.8, 4) is 0 Å². The molecule has 0 amide bonds. The van der Waals surface area contributed by atoms with Crippen LogP contribution in [-0.4, -0.2) is 44.6 Å². The molecule has 2 heterocycles. The van der Waals surface area contributed by atoms with Crippen LogP contribution in [0.5, 0.6) is 0 Å². The Bertz CT molecular complexity index is 609. The quantitative estimate of drug-likeness (QED) is 0.791. The molecule has 0 bridgehead atoms. The Hall–Kier alpha value is -0.250. The summed E-state index contributed by atoms with van der Waals surface area (Å²) in [6, 6.07) is 1.53. The molecular formula is C12H16BrNO4S2. The number of aliphatic hydroxyl groups is 1. The van der Waals surface area contributed by atoms with E-state index < -0.39 is 10.0 Å². The van der Waals surface area contributed by atoms with Gasteiger partial charge in [-0.2, -0.15) is 4.31 Å². The van der Waals surface area contributed by atoms with E-state index in [2.05, 4.69) is 15.9 Å². The lowest BCUT2D eigenvalue weighted by molar-refractivity contribution is 0.219. The van der Waals surface area contributed by atoms with E-state index in [4.69, 9.17) is 9.84 Å². The summed E-state index contributed by atoms with van der Waals surface area (Å²) in [7, 11) is -1.89. The van der Waals surface area contributed by atoms with Gasteiger partial charge in [0.25, 0.3) is 0 Å². The molecule has 0 aromatic carbocycles. The number of sulfonamides is 1. The molecule has 0 radical (unpaired) electrons. The first-order valence-electron chi connectivity index (χ1n) is 6.05. The smallest absolute Gasteiger partial charge is 0.245 e.